The number of carbonyl (C=O) groups is 1. The van der Waals surface area contributed by atoms with Crippen LogP contribution in [0.1, 0.15) is 16.1 Å². The summed E-state index contributed by atoms with van der Waals surface area (Å²) in [4.78, 5) is 28.8. The fourth-order valence-corrected chi connectivity index (χ4v) is 3.81. The van der Waals surface area contributed by atoms with Crippen molar-refractivity contribution >= 4 is 28.8 Å². The number of rotatable bonds is 9. The van der Waals surface area contributed by atoms with Gasteiger partial charge in [-0.15, -0.1) is 0 Å². The van der Waals surface area contributed by atoms with Gasteiger partial charge in [-0.1, -0.05) is 18.2 Å². The first-order chi connectivity index (χ1) is 17.8. The van der Waals surface area contributed by atoms with Crippen molar-refractivity contribution in [2.24, 2.45) is 5.73 Å². The first-order valence-electron chi connectivity index (χ1n) is 10.7. The molecular formula is C24H22N6O6S. The minimum atomic E-state index is -2.65. The summed E-state index contributed by atoms with van der Waals surface area (Å²) in [5, 5.41) is 0. The van der Waals surface area contributed by atoms with Crippen molar-refractivity contribution in [3.8, 4) is 34.5 Å². The molecule has 0 aliphatic rings. The number of aryl methyl sites for hydroxylation is 1. The van der Waals surface area contributed by atoms with Crippen LogP contribution >= 0.6 is 0 Å². The molecule has 12 nitrogen and oxygen atoms in total. The smallest absolute Gasteiger partial charge is 0.269 e. The Hall–Kier alpha value is -4.62. The molecule has 0 aliphatic heterocycles. The first kappa shape index (κ1) is 25.5. The maximum atomic E-state index is 12.6. The lowest BCUT2D eigenvalue weighted by atomic mass is 10.2. The van der Waals surface area contributed by atoms with Crippen LogP contribution in [0.2, 0.25) is 0 Å². The molecule has 4 rings (SSSR count). The van der Waals surface area contributed by atoms with Gasteiger partial charge in [0.2, 0.25) is 5.75 Å². The molecule has 1 unspecified atom stereocenters. The van der Waals surface area contributed by atoms with Crippen molar-refractivity contribution in [2.75, 3.05) is 18.5 Å². The number of methoxy groups -OCH3 is 2. The Morgan fingerprint density at radius 3 is 2.41 bits per heavy atom. The first-order valence-corrected chi connectivity index (χ1v) is 11.8. The van der Waals surface area contributed by atoms with E-state index in [0.717, 1.165) is 9.87 Å². The second-order valence-electron chi connectivity index (χ2n) is 7.47. The number of carbonyl (C=O) groups excluding carboxylic acids is 1. The van der Waals surface area contributed by atoms with Crippen LogP contribution in [-0.4, -0.2) is 48.8 Å². The van der Waals surface area contributed by atoms with Crippen LogP contribution in [0.15, 0.2) is 60.9 Å². The number of amides is 1. The van der Waals surface area contributed by atoms with Crippen molar-refractivity contribution in [3.05, 3.63) is 72.2 Å². The van der Waals surface area contributed by atoms with E-state index in [1.54, 1.807) is 42.5 Å². The third-order valence-corrected chi connectivity index (χ3v) is 5.69. The van der Waals surface area contributed by atoms with Crippen molar-refractivity contribution < 1.29 is 27.8 Å². The SMILES string of the molecule is COc1ccccc1Oc1c(OC)nc(-c2ccnc(C(N)=O)c2)nc1N(c1ccc(C)cn1)S(=O)O. The quantitative estimate of drug-likeness (QED) is 0.311. The van der Waals surface area contributed by atoms with E-state index >= 15 is 0 Å². The second-order valence-corrected chi connectivity index (χ2v) is 8.30. The summed E-state index contributed by atoms with van der Waals surface area (Å²) in [6, 6.07) is 13.0. The number of primary amides is 1. The Bertz CT molecular complexity index is 1470. The maximum Gasteiger partial charge on any atom is 0.269 e. The number of hydrogen-bond acceptors (Lipinski definition) is 9. The predicted octanol–water partition coefficient (Wildman–Crippen LogP) is 3.43. The number of hydrogen-bond donors (Lipinski definition) is 2. The molecule has 4 aromatic rings. The van der Waals surface area contributed by atoms with Gasteiger partial charge in [-0.05, 0) is 42.8 Å². The average Bonchev–Trinajstić information content (AvgIpc) is 2.90. The van der Waals surface area contributed by atoms with E-state index in [4.69, 9.17) is 19.9 Å². The number of ether oxygens (including phenoxy) is 3. The summed E-state index contributed by atoms with van der Waals surface area (Å²) in [5.74, 6) is -0.196. The van der Waals surface area contributed by atoms with E-state index in [0.29, 0.717) is 11.3 Å². The van der Waals surface area contributed by atoms with Gasteiger partial charge in [-0.2, -0.15) is 9.29 Å². The molecule has 0 bridgehead atoms. The highest BCUT2D eigenvalue weighted by molar-refractivity contribution is 7.81. The largest absolute Gasteiger partial charge is 0.493 e. The summed E-state index contributed by atoms with van der Waals surface area (Å²) in [6.07, 6.45) is 2.91. The molecule has 1 atom stereocenters. The monoisotopic (exact) mass is 522 g/mol. The number of anilines is 2. The van der Waals surface area contributed by atoms with Gasteiger partial charge in [0.15, 0.2) is 23.1 Å². The Morgan fingerprint density at radius 1 is 1.03 bits per heavy atom. The van der Waals surface area contributed by atoms with E-state index in [1.165, 1.54) is 32.7 Å². The number of nitrogens with two attached hydrogens (primary N) is 1. The van der Waals surface area contributed by atoms with Gasteiger partial charge in [-0.25, -0.2) is 14.2 Å². The maximum absolute atomic E-state index is 12.6. The molecule has 3 N–H and O–H groups in total. The second kappa shape index (κ2) is 11.0. The van der Waals surface area contributed by atoms with Crippen LogP contribution in [0.25, 0.3) is 11.4 Å². The summed E-state index contributed by atoms with van der Waals surface area (Å²) in [7, 11) is 2.84. The summed E-state index contributed by atoms with van der Waals surface area (Å²) >= 11 is -2.65. The van der Waals surface area contributed by atoms with E-state index in [-0.39, 0.29) is 40.5 Å². The van der Waals surface area contributed by atoms with Gasteiger partial charge in [0, 0.05) is 18.0 Å². The molecule has 0 spiro atoms. The molecule has 3 aromatic heterocycles. The van der Waals surface area contributed by atoms with Gasteiger partial charge in [0.25, 0.3) is 23.1 Å². The van der Waals surface area contributed by atoms with Gasteiger partial charge >= 0.3 is 0 Å². The molecule has 37 heavy (non-hydrogen) atoms. The molecule has 0 radical (unpaired) electrons. The molecule has 1 aromatic carbocycles. The fraction of sp³-hybridized carbons (Fsp3) is 0.125. The number of pyridine rings is 2. The van der Waals surface area contributed by atoms with E-state index in [9.17, 15) is 13.6 Å². The molecule has 1 amide bonds. The van der Waals surface area contributed by atoms with Crippen LogP contribution in [0, 0.1) is 6.92 Å². The molecule has 0 fully saturated rings. The van der Waals surface area contributed by atoms with Crippen LogP contribution in [0.4, 0.5) is 11.6 Å². The van der Waals surface area contributed by atoms with Crippen molar-refractivity contribution in [3.63, 3.8) is 0 Å². The van der Waals surface area contributed by atoms with Crippen molar-refractivity contribution in [2.45, 2.75) is 6.92 Å². The van der Waals surface area contributed by atoms with Crippen molar-refractivity contribution in [1.29, 1.82) is 0 Å². The highest BCUT2D eigenvalue weighted by Gasteiger charge is 2.29. The average molecular weight is 523 g/mol. The lowest BCUT2D eigenvalue weighted by Gasteiger charge is -2.23. The van der Waals surface area contributed by atoms with Gasteiger partial charge in [0.05, 0.1) is 14.2 Å². The fourth-order valence-electron chi connectivity index (χ4n) is 3.27. The zero-order valence-corrected chi connectivity index (χ0v) is 20.8. The normalized spacial score (nSPS) is 11.5. The number of nitrogens with zero attached hydrogens (tertiary/aromatic N) is 5. The van der Waals surface area contributed by atoms with Crippen LogP contribution in [-0.2, 0) is 11.3 Å². The number of para-hydroxylation sites is 2. The lowest BCUT2D eigenvalue weighted by Crippen LogP contribution is -2.23. The van der Waals surface area contributed by atoms with E-state index < -0.39 is 17.2 Å². The molecule has 190 valence electrons. The highest BCUT2D eigenvalue weighted by Crippen LogP contribution is 2.44. The Morgan fingerprint density at radius 2 is 1.78 bits per heavy atom. The van der Waals surface area contributed by atoms with Gasteiger partial charge in [0.1, 0.15) is 11.5 Å². The third-order valence-electron chi connectivity index (χ3n) is 5.01. The van der Waals surface area contributed by atoms with Gasteiger partial charge in [-0.3, -0.25) is 14.3 Å². The predicted molar refractivity (Wildman–Crippen MR) is 135 cm³/mol. The third kappa shape index (κ3) is 5.47. The van der Waals surface area contributed by atoms with E-state index in [1.807, 2.05) is 6.92 Å². The Kier molecular flexibility index (Phi) is 7.55. The van der Waals surface area contributed by atoms with Crippen molar-refractivity contribution in [1.82, 2.24) is 19.9 Å². The van der Waals surface area contributed by atoms with Crippen LogP contribution in [0.5, 0.6) is 23.1 Å². The van der Waals surface area contributed by atoms with Gasteiger partial charge < -0.3 is 19.9 Å². The molecule has 0 saturated heterocycles. The molecule has 0 aliphatic carbocycles. The number of benzene rings is 1. The standard InChI is InChI=1S/C24H22N6O6S/c1-14-8-9-19(27-13-14)30(37(32)33)23-20(36-18-7-5-4-6-17(18)34-2)24(35-3)29-22(28-23)15-10-11-26-16(12-15)21(25)31/h4-13H,1-3H3,(H2,25,31)(H,32,33). The summed E-state index contributed by atoms with van der Waals surface area (Å²) < 4.78 is 40.9. The summed E-state index contributed by atoms with van der Waals surface area (Å²) in [5.41, 5.74) is 6.55. The van der Waals surface area contributed by atoms with Crippen LogP contribution in [0.3, 0.4) is 0 Å². The minimum absolute atomic E-state index is 0.0150. The molecular weight excluding hydrogens is 500 g/mol. The molecule has 3 heterocycles. The number of aromatic nitrogens is 4. The zero-order valence-electron chi connectivity index (χ0n) is 20.0. The topological polar surface area (TPSA) is 163 Å². The Labute approximate surface area is 214 Å². The van der Waals surface area contributed by atoms with E-state index in [2.05, 4.69) is 19.9 Å². The molecule has 0 saturated carbocycles. The van der Waals surface area contributed by atoms with Crippen LogP contribution < -0.4 is 24.2 Å². The summed E-state index contributed by atoms with van der Waals surface area (Å²) in [6.45, 7) is 1.83. The Balaban J connectivity index is 1.98. The molecule has 13 heteroatoms. The minimum Gasteiger partial charge on any atom is -0.493 e. The lowest BCUT2D eigenvalue weighted by molar-refractivity contribution is 0.0995. The highest BCUT2D eigenvalue weighted by atomic mass is 32.2. The zero-order chi connectivity index (χ0) is 26.5.